The van der Waals surface area contributed by atoms with Crippen LogP contribution in [0.25, 0.3) is 0 Å². The molecular formula is C54H74N2O8Pd. The Kier molecular flexibility index (Phi) is 27.0. The van der Waals surface area contributed by atoms with Crippen molar-refractivity contribution < 1.29 is 60.7 Å². The number of aromatic carboxylic acids is 2. The summed E-state index contributed by atoms with van der Waals surface area (Å²) in [5.74, 6) is -4.99. The molecule has 0 fully saturated rings. The molecule has 0 radical (unpaired) electrons. The number of carboxylic acids is 2. The van der Waals surface area contributed by atoms with Gasteiger partial charge in [-0.2, -0.15) is 0 Å². The van der Waals surface area contributed by atoms with Crippen molar-refractivity contribution in [1.82, 2.24) is 0 Å². The van der Waals surface area contributed by atoms with Crippen LogP contribution >= 0.6 is 0 Å². The van der Waals surface area contributed by atoms with E-state index in [1.54, 1.807) is 0 Å². The van der Waals surface area contributed by atoms with Gasteiger partial charge in [0.1, 0.15) is 11.5 Å². The van der Waals surface area contributed by atoms with Gasteiger partial charge < -0.3 is 30.6 Å². The van der Waals surface area contributed by atoms with Gasteiger partial charge in [-0.1, -0.05) is 104 Å². The first-order chi connectivity index (χ1) is 30.5. The van der Waals surface area contributed by atoms with Crippen LogP contribution in [0, 0.1) is 27.7 Å². The van der Waals surface area contributed by atoms with E-state index in [-0.39, 0.29) is 31.5 Å². The molecule has 0 bridgehead atoms. The second kappa shape index (κ2) is 30.3. The van der Waals surface area contributed by atoms with Crippen LogP contribution in [-0.2, 0) is 46.1 Å². The van der Waals surface area contributed by atoms with Crippen molar-refractivity contribution in [2.45, 2.75) is 172 Å². The third kappa shape index (κ3) is 18.8. The van der Waals surface area contributed by atoms with E-state index in [2.05, 4.69) is 91.8 Å². The molecule has 0 aromatic heterocycles. The maximum Gasteiger partial charge on any atom is 2.00 e. The number of aromatic hydroxyl groups is 2. The van der Waals surface area contributed by atoms with E-state index in [1.807, 2.05) is 13.8 Å². The fourth-order valence-electron chi connectivity index (χ4n) is 7.80. The van der Waals surface area contributed by atoms with Crippen LogP contribution in [0.4, 0.5) is 11.4 Å². The van der Waals surface area contributed by atoms with E-state index in [4.69, 9.17) is 20.2 Å². The molecule has 4 aromatic carbocycles. The van der Waals surface area contributed by atoms with Crippen LogP contribution in [-0.4, -0.2) is 43.8 Å². The molecule has 0 spiro atoms. The van der Waals surface area contributed by atoms with Gasteiger partial charge in [-0.15, -0.1) is 0 Å². The zero-order chi connectivity index (χ0) is 47.9. The molecule has 358 valence electrons. The summed E-state index contributed by atoms with van der Waals surface area (Å²) in [4.78, 5) is 32.6. The third-order valence-electron chi connectivity index (χ3n) is 11.0. The average Bonchev–Trinajstić information content (AvgIpc) is 3.23. The van der Waals surface area contributed by atoms with Gasteiger partial charge in [0, 0.05) is 0 Å². The number of hydrogen-bond acceptors (Lipinski definition) is 8. The summed E-state index contributed by atoms with van der Waals surface area (Å²) >= 11 is 0. The van der Waals surface area contributed by atoms with Gasteiger partial charge in [0.25, 0.3) is 0 Å². The van der Waals surface area contributed by atoms with Crippen molar-refractivity contribution in [1.29, 1.82) is 0 Å². The van der Waals surface area contributed by atoms with Crippen molar-refractivity contribution in [3.63, 3.8) is 0 Å². The molecule has 0 aliphatic rings. The number of benzene rings is 4. The predicted molar refractivity (Wildman–Crippen MR) is 259 cm³/mol. The Labute approximate surface area is 402 Å². The van der Waals surface area contributed by atoms with Crippen molar-refractivity contribution in [3.05, 3.63) is 104 Å². The molecule has 11 heteroatoms. The Balaban J connectivity index is 0.000000504. The second-order valence-electron chi connectivity index (χ2n) is 16.7. The Morgan fingerprint density at radius 2 is 0.800 bits per heavy atom. The molecule has 10 nitrogen and oxygen atoms in total. The summed E-state index contributed by atoms with van der Waals surface area (Å²) in [6, 6.07) is 15.9. The number of rotatable bonds is 21. The maximum absolute atomic E-state index is 11.7. The Bertz CT molecular complexity index is 2020. The van der Waals surface area contributed by atoms with Crippen molar-refractivity contribution in [3.8, 4) is 23.0 Å². The Hall–Kier alpha value is -4.98. The topological polar surface area (TPSA) is 186 Å². The molecule has 4 aromatic rings. The SMILES string of the molecule is CCCCC(=Nc1cc(C)cc(C)c1)C(CCCC)=Nc1cc(C)cc(C)c1.CCCCCc1c(CC)cc(O)c([O-])c1C(=O)O.CCCCCc1c(CC)cc(O)c([O-])c1C(=O)O.[Pd+2]. The number of hydrogen-bond donors (Lipinski definition) is 4. The molecule has 4 rings (SSSR count). The van der Waals surface area contributed by atoms with Crippen LogP contribution in [0.5, 0.6) is 23.0 Å². The Morgan fingerprint density at radius 3 is 1.06 bits per heavy atom. The van der Waals surface area contributed by atoms with Crippen LogP contribution in [0.2, 0.25) is 0 Å². The van der Waals surface area contributed by atoms with Gasteiger partial charge in [0.05, 0.1) is 33.9 Å². The minimum Gasteiger partial charge on any atom is -0.869 e. The van der Waals surface area contributed by atoms with E-state index >= 15 is 0 Å². The quantitative estimate of drug-likeness (QED) is 0.0361. The Morgan fingerprint density at radius 1 is 0.492 bits per heavy atom. The number of carboxylic acid groups (broad SMARTS) is 2. The van der Waals surface area contributed by atoms with Crippen molar-refractivity contribution in [2.24, 2.45) is 9.98 Å². The van der Waals surface area contributed by atoms with Crippen LogP contribution < -0.4 is 10.2 Å². The third-order valence-corrected chi connectivity index (χ3v) is 11.0. The average molecular weight is 986 g/mol. The molecule has 0 heterocycles. The number of unbranched alkanes of at least 4 members (excludes halogenated alkanes) is 6. The van der Waals surface area contributed by atoms with Gasteiger partial charge in [-0.25, -0.2) is 9.59 Å². The summed E-state index contributed by atoms with van der Waals surface area (Å²) < 4.78 is 0. The normalized spacial score (nSPS) is 11.2. The molecule has 0 aliphatic carbocycles. The summed E-state index contributed by atoms with van der Waals surface area (Å²) in [7, 11) is 0. The molecular weight excluding hydrogens is 911 g/mol. The molecule has 0 aliphatic heterocycles. The van der Waals surface area contributed by atoms with Gasteiger partial charge in [-0.05, 0) is 173 Å². The van der Waals surface area contributed by atoms with Crippen molar-refractivity contribution >= 4 is 34.7 Å². The monoisotopic (exact) mass is 984 g/mol. The van der Waals surface area contributed by atoms with E-state index < -0.39 is 34.9 Å². The zero-order valence-electron chi connectivity index (χ0n) is 40.6. The number of phenolic OH excluding ortho intramolecular Hbond substituents is 2. The minimum atomic E-state index is -1.25. The zero-order valence-corrected chi connectivity index (χ0v) is 42.1. The maximum atomic E-state index is 11.7. The van der Waals surface area contributed by atoms with Crippen LogP contribution in [0.3, 0.4) is 0 Å². The number of carbonyl (C=O) groups is 2. The predicted octanol–water partition coefficient (Wildman–Crippen LogP) is 13.1. The fraction of sp³-hybridized carbons (Fsp3) is 0.481. The van der Waals surface area contributed by atoms with Gasteiger partial charge in [0.2, 0.25) is 0 Å². The number of phenols is 2. The van der Waals surface area contributed by atoms with Crippen LogP contribution in [0.15, 0.2) is 58.5 Å². The minimum absolute atomic E-state index is 0. The first-order valence-electron chi connectivity index (χ1n) is 23.3. The molecule has 4 N–H and O–H groups in total. The summed E-state index contributed by atoms with van der Waals surface area (Å²) in [5.41, 5.74) is 11.6. The summed E-state index contributed by atoms with van der Waals surface area (Å²) in [6.45, 7) is 20.9. The summed E-state index contributed by atoms with van der Waals surface area (Å²) in [6.07, 6.45) is 14.7. The summed E-state index contributed by atoms with van der Waals surface area (Å²) in [5, 5.41) is 60.6. The number of nitrogens with zero attached hydrogens (tertiary/aromatic N) is 2. The number of aliphatic imine (C=N–C) groups is 2. The molecule has 0 saturated heterocycles. The van der Waals surface area contributed by atoms with E-state index in [1.165, 1.54) is 34.4 Å². The number of aryl methyl sites for hydroxylation is 6. The van der Waals surface area contributed by atoms with Gasteiger partial charge >= 0.3 is 32.4 Å². The molecule has 0 amide bonds. The first-order valence-corrected chi connectivity index (χ1v) is 23.3. The molecule has 0 atom stereocenters. The second-order valence-corrected chi connectivity index (χ2v) is 16.7. The van der Waals surface area contributed by atoms with Gasteiger partial charge in [0.15, 0.2) is 0 Å². The standard InChI is InChI=1S/C26H36N2.2C14H20O4.Pd/c1-7-9-11-25(27-23-15-19(3)13-20(4)16-23)26(12-10-8-2)28-24-17-21(5)14-22(6)18-24;2*1-3-5-6-7-10-9(4-2)8-11(15)13(16)12(10)14(17)18;/h13-18H,7-12H2,1-6H3;2*8,15-16H,3-7H2,1-2H3,(H,17,18);/q;;;+2/p-2. The first kappa shape index (κ1) is 58.0. The largest absolute Gasteiger partial charge is 2.00 e. The molecule has 65 heavy (non-hydrogen) atoms. The smallest absolute Gasteiger partial charge is 0.869 e. The van der Waals surface area contributed by atoms with E-state index in [0.717, 1.165) is 111 Å². The molecule has 0 saturated carbocycles. The fourth-order valence-corrected chi connectivity index (χ4v) is 7.80. The van der Waals surface area contributed by atoms with Crippen molar-refractivity contribution in [2.75, 3.05) is 0 Å². The van der Waals surface area contributed by atoms with Crippen LogP contribution in [0.1, 0.15) is 184 Å². The van der Waals surface area contributed by atoms with E-state index in [9.17, 15) is 30.0 Å². The molecule has 0 unspecified atom stereocenters. The van der Waals surface area contributed by atoms with E-state index in [0.29, 0.717) is 36.8 Å². The van der Waals surface area contributed by atoms with Gasteiger partial charge in [-0.3, -0.25) is 9.98 Å².